The van der Waals surface area contributed by atoms with E-state index in [4.69, 9.17) is 10.5 Å². The van der Waals surface area contributed by atoms with Crippen LogP contribution in [0.25, 0.3) is 0 Å². The second-order valence-electron chi connectivity index (χ2n) is 3.70. The van der Waals surface area contributed by atoms with Crippen molar-refractivity contribution in [3.63, 3.8) is 0 Å². The fourth-order valence-electron chi connectivity index (χ4n) is 1.30. The van der Waals surface area contributed by atoms with E-state index in [0.29, 0.717) is 24.0 Å². The van der Waals surface area contributed by atoms with Gasteiger partial charge in [-0.2, -0.15) is 4.98 Å². The summed E-state index contributed by atoms with van der Waals surface area (Å²) in [5.41, 5.74) is 6.36. The molecule has 3 N–H and O–H groups in total. The second-order valence-corrected chi connectivity index (χ2v) is 3.70. The van der Waals surface area contributed by atoms with Gasteiger partial charge in [-0.3, -0.25) is 0 Å². The number of nitrogen functional groups attached to an aromatic ring is 1. The van der Waals surface area contributed by atoms with Gasteiger partial charge in [0, 0.05) is 13.1 Å². The third-order valence-corrected chi connectivity index (χ3v) is 2.45. The molecule has 6 nitrogen and oxygen atoms in total. The van der Waals surface area contributed by atoms with Gasteiger partial charge in [-0.25, -0.2) is 4.98 Å². The molecule has 0 saturated carbocycles. The molecule has 1 heterocycles. The molecule has 17 heavy (non-hydrogen) atoms. The van der Waals surface area contributed by atoms with Crippen LogP contribution in [0, 0.1) is 0 Å². The Balaban J connectivity index is 2.56. The van der Waals surface area contributed by atoms with E-state index in [1.807, 2.05) is 6.92 Å². The number of nitrogens with two attached hydrogens (primary N) is 1. The molecule has 0 aliphatic rings. The Hall–Kier alpha value is -1.56. The van der Waals surface area contributed by atoms with E-state index in [9.17, 15) is 0 Å². The lowest BCUT2D eigenvalue weighted by Gasteiger charge is -2.15. The largest absolute Gasteiger partial charge is 0.476 e. The van der Waals surface area contributed by atoms with E-state index in [1.54, 1.807) is 0 Å². The molecule has 0 radical (unpaired) electrons. The summed E-state index contributed by atoms with van der Waals surface area (Å²) in [7, 11) is 2.07. The summed E-state index contributed by atoms with van der Waals surface area (Å²) in [5, 5.41) is 3.18. The SMILES string of the molecule is CCOc1ncnc(NCCN(C)CC)c1N. The molecule has 1 rings (SSSR count). The maximum absolute atomic E-state index is 5.89. The van der Waals surface area contributed by atoms with E-state index in [0.717, 1.165) is 19.6 Å². The zero-order valence-corrected chi connectivity index (χ0v) is 10.7. The number of nitrogens with zero attached hydrogens (tertiary/aromatic N) is 3. The van der Waals surface area contributed by atoms with Crippen LogP contribution in [0.15, 0.2) is 6.33 Å². The van der Waals surface area contributed by atoms with Crippen LogP contribution >= 0.6 is 0 Å². The number of nitrogens with one attached hydrogen (secondary N) is 1. The molecule has 0 unspecified atom stereocenters. The first-order chi connectivity index (χ1) is 8.19. The molecule has 0 fully saturated rings. The Bertz CT molecular complexity index is 345. The zero-order chi connectivity index (χ0) is 12.7. The molecule has 0 aliphatic heterocycles. The van der Waals surface area contributed by atoms with Crippen LogP contribution in [-0.4, -0.2) is 48.2 Å². The minimum Gasteiger partial charge on any atom is -0.476 e. The third-order valence-electron chi connectivity index (χ3n) is 2.45. The number of ether oxygens (including phenoxy) is 1. The van der Waals surface area contributed by atoms with Gasteiger partial charge < -0.3 is 20.7 Å². The van der Waals surface area contributed by atoms with Crippen molar-refractivity contribution in [3.05, 3.63) is 6.33 Å². The van der Waals surface area contributed by atoms with Crippen LogP contribution < -0.4 is 15.8 Å². The lowest BCUT2D eigenvalue weighted by Crippen LogP contribution is -2.25. The average Bonchev–Trinajstić information content (AvgIpc) is 2.33. The summed E-state index contributed by atoms with van der Waals surface area (Å²) in [6.07, 6.45) is 1.45. The Morgan fingerprint density at radius 1 is 1.41 bits per heavy atom. The third kappa shape index (κ3) is 4.07. The van der Waals surface area contributed by atoms with Gasteiger partial charge in [0.05, 0.1) is 6.61 Å². The Labute approximate surface area is 102 Å². The highest BCUT2D eigenvalue weighted by Crippen LogP contribution is 2.23. The lowest BCUT2D eigenvalue weighted by atomic mass is 10.4. The summed E-state index contributed by atoms with van der Waals surface area (Å²) in [4.78, 5) is 10.3. The molecular formula is C11H21N5O. The van der Waals surface area contributed by atoms with Gasteiger partial charge in [-0.05, 0) is 20.5 Å². The van der Waals surface area contributed by atoms with Crippen molar-refractivity contribution in [1.82, 2.24) is 14.9 Å². The molecule has 96 valence electrons. The topological polar surface area (TPSA) is 76.3 Å². The van der Waals surface area contributed by atoms with Crippen LogP contribution in [0.1, 0.15) is 13.8 Å². The monoisotopic (exact) mass is 239 g/mol. The summed E-state index contributed by atoms with van der Waals surface area (Å²) in [5.74, 6) is 1.07. The lowest BCUT2D eigenvalue weighted by molar-refractivity contribution is 0.328. The highest BCUT2D eigenvalue weighted by Gasteiger charge is 2.08. The van der Waals surface area contributed by atoms with Crippen LogP contribution in [0.2, 0.25) is 0 Å². The highest BCUT2D eigenvalue weighted by atomic mass is 16.5. The summed E-state index contributed by atoms with van der Waals surface area (Å²) >= 11 is 0. The number of rotatable bonds is 7. The van der Waals surface area contributed by atoms with Crippen molar-refractivity contribution >= 4 is 11.5 Å². The molecule has 0 amide bonds. The minimum atomic E-state index is 0.439. The zero-order valence-electron chi connectivity index (χ0n) is 10.7. The Kier molecular flexibility index (Phi) is 5.48. The number of hydrogen-bond donors (Lipinski definition) is 2. The molecule has 0 bridgehead atoms. The van der Waals surface area contributed by atoms with Gasteiger partial charge in [0.15, 0.2) is 5.82 Å². The van der Waals surface area contributed by atoms with Crippen LogP contribution in [0.5, 0.6) is 5.88 Å². The molecule has 0 spiro atoms. The van der Waals surface area contributed by atoms with Crippen molar-refractivity contribution in [1.29, 1.82) is 0 Å². The van der Waals surface area contributed by atoms with Gasteiger partial charge >= 0.3 is 0 Å². The van der Waals surface area contributed by atoms with Crippen molar-refractivity contribution in [2.24, 2.45) is 0 Å². The molecule has 0 saturated heterocycles. The molecule has 0 aliphatic carbocycles. The first-order valence-electron chi connectivity index (χ1n) is 5.84. The average molecular weight is 239 g/mol. The standard InChI is InChI=1S/C11H21N5O/c1-4-16(3)7-6-13-10-9(12)11(17-5-2)15-8-14-10/h8H,4-7,12H2,1-3H3,(H,13,14,15). The fraction of sp³-hybridized carbons (Fsp3) is 0.636. The molecule has 1 aromatic rings. The molecule has 0 aromatic carbocycles. The minimum absolute atomic E-state index is 0.439. The molecule has 1 aromatic heterocycles. The van der Waals surface area contributed by atoms with E-state index in [-0.39, 0.29) is 0 Å². The van der Waals surface area contributed by atoms with Gasteiger partial charge in [-0.1, -0.05) is 6.92 Å². The Morgan fingerprint density at radius 2 is 2.18 bits per heavy atom. The van der Waals surface area contributed by atoms with Crippen molar-refractivity contribution < 1.29 is 4.74 Å². The molecular weight excluding hydrogens is 218 g/mol. The van der Waals surface area contributed by atoms with E-state index in [1.165, 1.54) is 6.33 Å². The summed E-state index contributed by atoms with van der Waals surface area (Å²) in [6.45, 7) is 7.29. The van der Waals surface area contributed by atoms with Crippen LogP contribution in [-0.2, 0) is 0 Å². The highest BCUT2D eigenvalue weighted by molar-refractivity contribution is 5.66. The van der Waals surface area contributed by atoms with Crippen molar-refractivity contribution in [2.75, 3.05) is 44.3 Å². The number of aromatic nitrogens is 2. The maximum atomic E-state index is 5.89. The number of hydrogen-bond acceptors (Lipinski definition) is 6. The van der Waals surface area contributed by atoms with Gasteiger partial charge in [0.2, 0.25) is 5.88 Å². The van der Waals surface area contributed by atoms with Crippen molar-refractivity contribution in [3.8, 4) is 5.88 Å². The predicted octanol–water partition coefficient (Wildman–Crippen LogP) is 0.821. The maximum Gasteiger partial charge on any atom is 0.242 e. The van der Waals surface area contributed by atoms with Gasteiger partial charge in [0.1, 0.15) is 12.0 Å². The normalized spacial score (nSPS) is 10.6. The van der Waals surface area contributed by atoms with Gasteiger partial charge in [-0.15, -0.1) is 0 Å². The summed E-state index contributed by atoms with van der Waals surface area (Å²) < 4.78 is 5.30. The van der Waals surface area contributed by atoms with Crippen LogP contribution in [0.4, 0.5) is 11.5 Å². The summed E-state index contributed by atoms with van der Waals surface area (Å²) in [6, 6.07) is 0. The quantitative estimate of drug-likeness (QED) is 0.733. The van der Waals surface area contributed by atoms with Crippen molar-refractivity contribution in [2.45, 2.75) is 13.8 Å². The van der Waals surface area contributed by atoms with E-state index < -0.39 is 0 Å². The number of likely N-dealkylation sites (N-methyl/N-ethyl adjacent to an activating group) is 1. The Morgan fingerprint density at radius 3 is 2.82 bits per heavy atom. The van der Waals surface area contributed by atoms with Crippen LogP contribution in [0.3, 0.4) is 0 Å². The predicted molar refractivity (Wildman–Crippen MR) is 69.3 cm³/mol. The smallest absolute Gasteiger partial charge is 0.242 e. The van der Waals surface area contributed by atoms with E-state index in [2.05, 4.69) is 34.2 Å². The van der Waals surface area contributed by atoms with Gasteiger partial charge in [0.25, 0.3) is 0 Å². The molecule has 6 heteroatoms. The van der Waals surface area contributed by atoms with E-state index >= 15 is 0 Å². The number of anilines is 2. The second kappa shape index (κ2) is 6.90. The first kappa shape index (κ1) is 13.5. The molecule has 0 atom stereocenters. The fourth-order valence-corrected chi connectivity index (χ4v) is 1.30. The first-order valence-corrected chi connectivity index (χ1v) is 5.84.